The van der Waals surface area contributed by atoms with Gasteiger partial charge in [-0.05, 0) is 132 Å². The summed E-state index contributed by atoms with van der Waals surface area (Å²) in [5, 5.41) is 4.71. The monoisotopic (exact) mass is 788 g/mol. The summed E-state index contributed by atoms with van der Waals surface area (Å²) in [6.45, 7) is 42.3. The molecule has 0 unspecified atom stereocenters. The van der Waals surface area contributed by atoms with Gasteiger partial charge in [-0.3, -0.25) is 4.79 Å². The van der Waals surface area contributed by atoms with E-state index in [4.69, 9.17) is 13.6 Å². The molecule has 5 aromatic rings. The molecule has 5 rings (SSSR count). The van der Waals surface area contributed by atoms with Gasteiger partial charge in [0.15, 0.2) is 5.78 Å². The van der Waals surface area contributed by atoms with Crippen LogP contribution >= 0.6 is 8.60 Å². The van der Waals surface area contributed by atoms with Gasteiger partial charge in [0, 0.05) is 16.7 Å². The SMILES string of the molecule is CC(=O)c1ccc(OP(Oc2cc3c(C(C)(C)C)cc(C(C)(C)C)cc3cc2C(C)(C)C)Oc2cc3c(C(C)(C)C)cc(C(C)(C)C)cc3cc2C(C)(C)C)cc1. The third-order valence-corrected chi connectivity index (χ3v) is 11.9. The molecule has 0 saturated carbocycles. The third kappa shape index (κ3) is 10.1. The first-order valence-electron chi connectivity index (χ1n) is 20.6. The van der Waals surface area contributed by atoms with Crippen molar-refractivity contribution in [2.45, 2.75) is 164 Å². The van der Waals surface area contributed by atoms with E-state index in [0.29, 0.717) is 11.3 Å². The lowest BCUT2D eigenvalue weighted by Gasteiger charge is -2.31. The Bertz CT molecular complexity index is 2150. The molecule has 0 saturated heterocycles. The molecule has 0 spiro atoms. The van der Waals surface area contributed by atoms with E-state index >= 15 is 0 Å². The molecule has 0 amide bonds. The number of carbonyl (C=O) groups is 1. The number of Topliss-reactive ketones (excluding diaryl/α,β-unsaturated/α-hetero) is 1. The van der Waals surface area contributed by atoms with Crippen molar-refractivity contribution in [2.75, 3.05) is 0 Å². The number of carbonyl (C=O) groups excluding carboxylic acids is 1. The number of rotatable bonds is 7. The lowest BCUT2D eigenvalue weighted by atomic mass is 9.76. The number of fused-ring (bicyclic) bond motifs is 2. The number of ketones is 1. The zero-order valence-corrected chi connectivity index (χ0v) is 39.4. The van der Waals surface area contributed by atoms with Gasteiger partial charge in [-0.1, -0.05) is 149 Å². The summed E-state index contributed by atoms with van der Waals surface area (Å²) >= 11 is 0. The van der Waals surface area contributed by atoms with Crippen LogP contribution in [0.3, 0.4) is 0 Å². The zero-order chi connectivity index (χ0) is 42.8. The van der Waals surface area contributed by atoms with Gasteiger partial charge >= 0.3 is 8.60 Å². The van der Waals surface area contributed by atoms with E-state index in [0.717, 1.165) is 33.4 Å². The molecule has 0 aliphatic heterocycles. The average Bonchev–Trinajstić information content (AvgIpc) is 3.04. The van der Waals surface area contributed by atoms with Gasteiger partial charge in [-0.15, -0.1) is 0 Å². The molecule has 0 aliphatic rings. The maximum absolute atomic E-state index is 12.2. The van der Waals surface area contributed by atoms with Crippen molar-refractivity contribution >= 4 is 35.9 Å². The van der Waals surface area contributed by atoms with Crippen molar-refractivity contribution in [2.24, 2.45) is 0 Å². The van der Waals surface area contributed by atoms with Crippen molar-refractivity contribution in [3.63, 3.8) is 0 Å². The van der Waals surface area contributed by atoms with Crippen LogP contribution in [-0.2, 0) is 32.5 Å². The van der Waals surface area contributed by atoms with Gasteiger partial charge in [0.2, 0.25) is 0 Å². The van der Waals surface area contributed by atoms with Gasteiger partial charge in [-0.25, -0.2) is 0 Å². The van der Waals surface area contributed by atoms with Crippen LogP contribution in [-0.4, -0.2) is 5.78 Å². The minimum atomic E-state index is -2.06. The van der Waals surface area contributed by atoms with Gasteiger partial charge in [0.1, 0.15) is 17.2 Å². The normalized spacial score (nSPS) is 13.4. The van der Waals surface area contributed by atoms with E-state index in [2.05, 4.69) is 173 Å². The van der Waals surface area contributed by atoms with Crippen molar-refractivity contribution in [3.8, 4) is 17.2 Å². The smallest absolute Gasteiger partial charge is 0.409 e. The van der Waals surface area contributed by atoms with Crippen LogP contribution in [0.1, 0.15) is 175 Å². The third-order valence-electron chi connectivity index (χ3n) is 10.9. The van der Waals surface area contributed by atoms with Crippen LogP contribution < -0.4 is 13.6 Å². The first-order valence-corrected chi connectivity index (χ1v) is 21.6. The summed E-state index contributed by atoms with van der Waals surface area (Å²) in [7, 11) is -2.06. The maximum Gasteiger partial charge on any atom is 0.530 e. The second-order valence-electron chi connectivity index (χ2n) is 22.3. The summed E-state index contributed by atoms with van der Waals surface area (Å²) in [6, 6.07) is 25.7. The van der Waals surface area contributed by atoms with E-state index in [1.165, 1.54) is 33.0 Å². The highest BCUT2D eigenvalue weighted by Gasteiger charge is 2.32. The van der Waals surface area contributed by atoms with Crippen molar-refractivity contribution in [3.05, 3.63) is 112 Å². The molecular formula is C52H69O4P. The molecular weight excluding hydrogens is 720 g/mol. The summed E-state index contributed by atoms with van der Waals surface area (Å²) in [5.74, 6) is 2.04. The van der Waals surface area contributed by atoms with Crippen molar-refractivity contribution in [1.82, 2.24) is 0 Å². The molecule has 4 nitrogen and oxygen atoms in total. The second kappa shape index (κ2) is 15.1. The predicted molar refractivity (Wildman–Crippen MR) is 245 cm³/mol. The molecule has 0 fully saturated rings. The Hall–Kier alpha value is -3.88. The van der Waals surface area contributed by atoms with Crippen LogP contribution in [0.25, 0.3) is 21.5 Å². The largest absolute Gasteiger partial charge is 0.530 e. The Labute approximate surface area is 346 Å². The predicted octanol–water partition coefficient (Wildman–Crippen LogP) is 15.7. The molecule has 0 radical (unpaired) electrons. The number of benzene rings is 5. The van der Waals surface area contributed by atoms with Crippen LogP contribution in [0.2, 0.25) is 0 Å². The Balaban J connectivity index is 1.78. The number of hydrogen-bond donors (Lipinski definition) is 0. The van der Waals surface area contributed by atoms with Crippen LogP contribution in [0, 0.1) is 0 Å². The molecule has 0 N–H and O–H groups in total. The van der Waals surface area contributed by atoms with E-state index in [-0.39, 0.29) is 38.3 Å². The zero-order valence-electron chi connectivity index (χ0n) is 38.5. The Morgan fingerprint density at radius 1 is 0.421 bits per heavy atom. The quantitative estimate of drug-likeness (QED) is 0.122. The fourth-order valence-corrected chi connectivity index (χ4v) is 8.30. The van der Waals surface area contributed by atoms with E-state index in [1.54, 1.807) is 19.1 Å². The lowest BCUT2D eigenvalue weighted by molar-refractivity contribution is 0.101. The van der Waals surface area contributed by atoms with Gasteiger partial charge in [-0.2, -0.15) is 0 Å². The fourth-order valence-electron chi connectivity index (χ4n) is 7.27. The molecule has 5 heteroatoms. The maximum atomic E-state index is 12.2. The molecule has 0 aliphatic carbocycles. The van der Waals surface area contributed by atoms with Crippen LogP contribution in [0.15, 0.2) is 72.8 Å². The Morgan fingerprint density at radius 3 is 1.07 bits per heavy atom. The highest BCUT2D eigenvalue weighted by Crippen LogP contribution is 2.50. The topological polar surface area (TPSA) is 44.8 Å². The Kier molecular flexibility index (Phi) is 11.7. The first kappa shape index (κ1) is 44.2. The summed E-state index contributed by atoms with van der Waals surface area (Å²) in [5.41, 5.74) is 7.20. The number of hydrogen-bond acceptors (Lipinski definition) is 4. The van der Waals surface area contributed by atoms with Gasteiger partial charge < -0.3 is 13.6 Å². The summed E-state index contributed by atoms with van der Waals surface area (Å²) in [6.07, 6.45) is 0. The highest BCUT2D eigenvalue weighted by molar-refractivity contribution is 7.43. The van der Waals surface area contributed by atoms with Gasteiger partial charge in [0.05, 0.1) is 0 Å². The molecule has 0 aromatic heterocycles. The fraction of sp³-hybridized carbons (Fsp3) is 0.481. The average molecular weight is 789 g/mol. The van der Waals surface area contributed by atoms with E-state index in [9.17, 15) is 4.79 Å². The molecule has 306 valence electrons. The van der Waals surface area contributed by atoms with Crippen LogP contribution in [0.4, 0.5) is 0 Å². The Morgan fingerprint density at radius 2 is 0.772 bits per heavy atom. The molecule has 0 bridgehead atoms. The second-order valence-corrected chi connectivity index (χ2v) is 23.3. The summed E-state index contributed by atoms with van der Waals surface area (Å²) in [4.78, 5) is 12.2. The first-order chi connectivity index (χ1) is 25.8. The summed E-state index contributed by atoms with van der Waals surface area (Å²) < 4.78 is 21.0. The molecule has 0 heterocycles. The van der Waals surface area contributed by atoms with Gasteiger partial charge in [0.25, 0.3) is 0 Å². The molecule has 57 heavy (non-hydrogen) atoms. The lowest BCUT2D eigenvalue weighted by Crippen LogP contribution is -2.19. The van der Waals surface area contributed by atoms with Crippen molar-refractivity contribution < 1.29 is 18.4 Å². The molecule has 0 atom stereocenters. The minimum Gasteiger partial charge on any atom is -0.409 e. The van der Waals surface area contributed by atoms with E-state index < -0.39 is 8.60 Å². The standard InChI is InChI=1S/C52H69O4P/c1-32(53)33-20-22-38(23-21-33)54-57(55-45-30-39-34(26-43(45)51(14,15)16)24-36(47(2,3)4)28-41(39)49(8,9)10)56-46-31-40-35(27-44(46)52(17,18)19)25-37(48(5,6)7)29-42(40)50(11,12)13/h20-31H,1-19H3. The highest BCUT2D eigenvalue weighted by atomic mass is 31.2. The van der Waals surface area contributed by atoms with Crippen molar-refractivity contribution in [1.29, 1.82) is 0 Å². The molecule has 5 aromatic carbocycles. The van der Waals surface area contributed by atoms with E-state index in [1.807, 2.05) is 12.1 Å². The van der Waals surface area contributed by atoms with Crippen LogP contribution in [0.5, 0.6) is 17.2 Å². The minimum absolute atomic E-state index is 0.00169.